The molecule has 1 N–H and O–H groups in total. The third-order valence-electron chi connectivity index (χ3n) is 3.67. The van der Waals surface area contributed by atoms with Gasteiger partial charge in [-0.2, -0.15) is 0 Å². The molecule has 7 nitrogen and oxygen atoms in total. The van der Waals surface area contributed by atoms with Crippen molar-refractivity contribution in [2.24, 2.45) is 0 Å². The predicted molar refractivity (Wildman–Crippen MR) is 100.0 cm³/mol. The molecule has 8 heteroatoms. The number of non-ortho nitro benzene ring substituents is 1. The van der Waals surface area contributed by atoms with Gasteiger partial charge in [0, 0.05) is 18.7 Å². The quantitative estimate of drug-likeness (QED) is 0.368. The molecule has 0 fully saturated rings. The molecule has 26 heavy (non-hydrogen) atoms. The van der Waals surface area contributed by atoms with Gasteiger partial charge in [-0.25, -0.2) is 0 Å². The SMILES string of the molecule is CCOP(=O)(OCC)C(NCc1ccccc1)c1cccc([N+](=O)[O-])c1. The van der Waals surface area contributed by atoms with E-state index >= 15 is 0 Å². The van der Waals surface area contributed by atoms with E-state index in [0.29, 0.717) is 12.1 Å². The van der Waals surface area contributed by atoms with Crippen molar-refractivity contribution < 1.29 is 18.5 Å². The zero-order valence-electron chi connectivity index (χ0n) is 14.8. The van der Waals surface area contributed by atoms with Crippen molar-refractivity contribution in [1.82, 2.24) is 5.32 Å². The van der Waals surface area contributed by atoms with Gasteiger partial charge in [-0.1, -0.05) is 42.5 Å². The Balaban J connectivity index is 2.38. The Labute approximate surface area is 153 Å². The van der Waals surface area contributed by atoms with Crippen LogP contribution in [0.4, 0.5) is 5.69 Å². The Morgan fingerprint density at radius 2 is 1.73 bits per heavy atom. The van der Waals surface area contributed by atoms with Gasteiger partial charge in [-0.3, -0.25) is 20.0 Å². The van der Waals surface area contributed by atoms with Crippen LogP contribution in [0, 0.1) is 10.1 Å². The van der Waals surface area contributed by atoms with E-state index in [9.17, 15) is 14.7 Å². The van der Waals surface area contributed by atoms with Crippen LogP contribution in [0.3, 0.4) is 0 Å². The zero-order chi connectivity index (χ0) is 19.0. The third kappa shape index (κ3) is 5.22. The van der Waals surface area contributed by atoms with Gasteiger partial charge < -0.3 is 9.05 Å². The Hall–Kier alpha value is -2.05. The second-order valence-electron chi connectivity index (χ2n) is 5.50. The summed E-state index contributed by atoms with van der Waals surface area (Å²) in [5.41, 5.74) is 1.40. The maximum absolute atomic E-state index is 13.3. The Bertz CT molecular complexity index is 759. The minimum Gasteiger partial charge on any atom is -0.308 e. The summed E-state index contributed by atoms with van der Waals surface area (Å²) >= 11 is 0. The molecule has 0 spiro atoms. The van der Waals surface area contributed by atoms with Crippen molar-refractivity contribution in [3.63, 3.8) is 0 Å². The molecule has 2 aromatic rings. The molecule has 2 rings (SSSR count). The topological polar surface area (TPSA) is 90.7 Å². The van der Waals surface area contributed by atoms with Crippen LogP contribution < -0.4 is 5.32 Å². The van der Waals surface area contributed by atoms with Crippen molar-refractivity contribution in [3.05, 3.63) is 75.8 Å². The van der Waals surface area contributed by atoms with E-state index in [1.165, 1.54) is 12.1 Å². The smallest absolute Gasteiger partial charge is 0.308 e. The first-order valence-corrected chi connectivity index (χ1v) is 10.0. The first-order valence-electron chi connectivity index (χ1n) is 8.40. The fraction of sp³-hybridized carbons (Fsp3) is 0.333. The summed E-state index contributed by atoms with van der Waals surface area (Å²) in [4.78, 5) is 10.6. The summed E-state index contributed by atoms with van der Waals surface area (Å²) in [6.07, 6.45) is 0. The number of nitro benzene ring substituents is 1. The van der Waals surface area contributed by atoms with Gasteiger partial charge in [0.2, 0.25) is 0 Å². The first kappa shape index (κ1) is 20.3. The van der Waals surface area contributed by atoms with Crippen molar-refractivity contribution in [3.8, 4) is 0 Å². The highest BCUT2D eigenvalue weighted by Gasteiger charge is 2.37. The molecule has 1 unspecified atom stereocenters. The zero-order valence-corrected chi connectivity index (χ0v) is 15.7. The number of rotatable bonds is 10. The van der Waals surface area contributed by atoms with E-state index in [2.05, 4.69) is 5.32 Å². The van der Waals surface area contributed by atoms with E-state index < -0.39 is 18.3 Å². The molecule has 0 saturated heterocycles. The maximum atomic E-state index is 13.3. The Kier molecular flexibility index (Phi) is 7.48. The lowest BCUT2D eigenvalue weighted by atomic mass is 10.2. The van der Waals surface area contributed by atoms with Crippen LogP contribution in [0.15, 0.2) is 54.6 Å². The fourth-order valence-electron chi connectivity index (χ4n) is 2.58. The van der Waals surface area contributed by atoms with Gasteiger partial charge in [0.05, 0.1) is 18.1 Å². The van der Waals surface area contributed by atoms with Crippen LogP contribution in [0.25, 0.3) is 0 Å². The van der Waals surface area contributed by atoms with Gasteiger partial charge in [-0.05, 0) is 25.0 Å². The highest BCUT2D eigenvalue weighted by atomic mass is 31.2. The second-order valence-corrected chi connectivity index (χ2v) is 7.61. The highest BCUT2D eigenvalue weighted by molar-refractivity contribution is 7.54. The number of benzene rings is 2. The predicted octanol–water partition coefficient (Wildman–Crippen LogP) is 4.65. The molecule has 0 aliphatic rings. The molecule has 1 atom stereocenters. The normalized spacial score (nSPS) is 12.7. The van der Waals surface area contributed by atoms with E-state index in [-0.39, 0.29) is 18.9 Å². The Morgan fingerprint density at radius 3 is 2.31 bits per heavy atom. The van der Waals surface area contributed by atoms with Gasteiger partial charge in [0.1, 0.15) is 5.78 Å². The molecule has 0 radical (unpaired) electrons. The molecular weight excluding hydrogens is 355 g/mol. The maximum Gasteiger partial charge on any atom is 0.351 e. The van der Waals surface area contributed by atoms with Gasteiger partial charge >= 0.3 is 7.60 Å². The lowest BCUT2D eigenvalue weighted by Gasteiger charge is -2.27. The van der Waals surface area contributed by atoms with Crippen LogP contribution >= 0.6 is 7.60 Å². The molecule has 0 heterocycles. The van der Waals surface area contributed by atoms with Crippen LogP contribution in [0.2, 0.25) is 0 Å². The van der Waals surface area contributed by atoms with Crippen LogP contribution in [0.5, 0.6) is 0 Å². The number of hydrogen-bond donors (Lipinski definition) is 1. The molecule has 2 aromatic carbocycles. The van der Waals surface area contributed by atoms with Crippen molar-refractivity contribution in [2.75, 3.05) is 13.2 Å². The molecule has 140 valence electrons. The molecule has 0 aliphatic heterocycles. The molecular formula is C18H23N2O5P. The summed E-state index contributed by atoms with van der Waals surface area (Å²) in [7, 11) is -3.57. The van der Waals surface area contributed by atoms with Crippen LogP contribution in [0.1, 0.15) is 30.8 Å². The first-order chi connectivity index (χ1) is 12.5. The van der Waals surface area contributed by atoms with E-state index in [4.69, 9.17) is 9.05 Å². The second kappa shape index (κ2) is 9.59. The summed E-state index contributed by atoms with van der Waals surface area (Å²) in [5, 5.41) is 14.3. The average Bonchev–Trinajstić information content (AvgIpc) is 2.63. The van der Waals surface area contributed by atoms with Gasteiger partial charge in [-0.15, -0.1) is 0 Å². The minimum atomic E-state index is -3.57. The van der Waals surface area contributed by atoms with Crippen molar-refractivity contribution >= 4 is 13.3 Å². The lowest BCUT2D eigenvalue weighted by molar-refractivity contribution is -0.384. The summed E-state index contributed by atoms with van der Waals surface area (Å²) in [5.74, 6) is -0.817. The van der Waals surface area contributed by atoms with Crippen LogP contribution in [-0.2, 0) is 20.2 Å². The standard InChI is InChI=1S/C18H23N2O5P/c1-3-24-26(23,25-4-2)18(19-14-15-9-6-5-7-10-15)16-11-8-12-17(13-16)20(21)22/h5-13,18-19H,3-4,14H2,1-2H3. The number of nitro groups is 1. The molecule has 0 aromatic heterocycles. The van der Waals surface area contributed by atoms with Crippen molar-refractivity contribution in [2.45, 2.75) is 26.2 Å². The minimum absolute atomic E-state index is 0.0754. The molecule has 0 aliphatic carbocycles. The van der Waals surface area contributed by atoms with E-state index in [0.717, 1.165) is 5.56 Å². The lowest BCUT2D eigenvalue weighted by Crippen LogP contribution is -2.23. The largest absolute Gasteiger partial charge is 0.351 e. The third-order valence-corrected chi connectivity index (χ3v) is 6.02. The average molecular weight is 378 g/mol. The fourth-order valence-corrected chi connectivity index (χ4v) is 4.51. The van der Waals surface area contributed by atoms with Gasteiger partial charge in [0.25, 0.3) is 5.69 Å². The van der Waals surface area contributed by atoms with Crippen molar-refractivity contribution in [1.29, 1.82) is 0 Å². The van der Waals surface area contributed by atoms with Crippen LogP contribution in [-0.4, -0.2) is 18.1 Å². The monoisotopic (exact) mass is 378 g/mol. The molecule has 0 bridgehead atoms. The summed E-state index contributed by atoms with van der Waals surface area (Å²) < 4.78 is 24.3. The highest BCUT2D eigenvalue weighted by Crippen LogP contribution is 2.59. The summed E-state index contributed by atoms with van der Waals surface area (Å²) in [6, 6.07) is 15.6. The molecule has 0 saturated carbocycles. The Morgan fingerprint density at radius 1 is 1.08 bits per heavy atom. The van der Waals surface area contributed by atoms with E-state index in [1.54, 1.807) is 26.0 Å². The number of nitrogens with zero attached hydrogens (tertiary/aromatic N) is 1. The number of nitrogens with one attached hydrogen (secondary N) is 1. The van der Waals surface area contributed by atoms with E-state index in [1.807, 2.05) is 30.3 Å². The van der Waals surface area contributed by atoms with Gasteiger partial charge in [0.15, 0.2) is 0 Å². The summed E-state index contributed by atoms with van der Waals surface area (Å²) in [6.45, 7) is 4.28. The molecule has 0 amide bonds. The number of hydrogen-bond acceptors (Lipinski definition) is 6.